The molecule has 0 amide bonds. The van der Waals surface area contributed by atoms with Gasteiger partial charge in [-0.1, -0.05) is 40.0 Å². The highest BCUT2D eigenvalue weighted by atomic mass is 79.9. The quantitative estimate of drug-likeness (QED) is 0.732. The molecular formula is C3HBrCl3N3. The van der Waals surface area contributed by atoms with E-state index in [1.54, 1.807) is 0 Å². The van der Waals surface area contributed by atoms with Crippen molar-refractivity contribution in [3.05, 3.63) is 10.3 Å². The molecular weight excluding hydrogens is 264 g/mol. The van der Waals surface area contributed by atoms with Crippen molar-refractivity contribution < 1.29 is 0 Å². The summed E-state index contributed by atoms with van der Waals surface area (Å²) in [5, 5.41) is 9.40. The van der Waals surface area contributed by atoms with Crippen LogP contribution < -0.4 is 0 Å². The van der Waals surface area contributed by atoms with Gasteiger partial charge in [-0.25, -0.2) is 0 Å². The fraction of sp³-hybridized carbons (Fsp3) is 0.333. The zero-order valence-corrected chi connectivity index (χ0v) is 8.26. The number of rotatable bonds is 0. The van der Waals surface area contributed by atoms with Crippen molar-refractivity contribution in [3.8, 4) is 0 Å². The summed E-state index contributed by atoms with van der Waals surface area (Å²) in [5.41, 5.74) is 0.331. The van der Waals surface area contributed by atoms with Gasteiger partial charge in [0, 0.05) is 0 Å². The Morgan fingerprint density at radius 1 is 1.40 bits per heavy atom. The fourth-order valence-electron chi connectivity index (χ4n) is 0.395. The highest BCUT2D eigenvalue weighted by Gasteiger charge is 2.28. The van der Waals surface area contributed by atoms with Gasteiger partial charge in [-0.3, -0.25) is 5.10 Å². The topological polar surface area (TPSA) is 41.6 Å². The summed E-state index contributed by atoms with van der Waals surface area (Å²) >= 11 is 19.5. The normalized spacial score (nSPS) is 12.0. The van der Waals surface area contributed by atoms with Gasteiger partial charge in [0.25, 0.3) is 0 Å². The molecule has 0 unspecified atom stereocenters. The fourth-order valence-corrected chi connectivity index (χ4v) is 1.60. The van der Waals surface area contributed by atoms with Gasteiger partial charge >= 0.3 is 0 Å². The first kappa shape index (κ1) is 8.59. The Morgan fingerprint density at radius 3 is 2.20 bits per heavy atom. The van der Waals surface area contributed by atoms with Crippen LogP contribution in [0.1, 0.15) is 5.69 Å². The zero-order valence-electron chi connectivity index (χ0n) is 4.41. The highest BCUT2D eigenvalue weighted by molar-refractivity contribution is 9.10. The van der Waals surface area contributed by atoms with Crippen LogP contribution in [0.15, 0.2) is 4.60 Å². The number of H-pyrrole nitrogens is 1. The third-order valence-corrected chi connectivity index (χ3v) is 1.91. The predicted molar refractivity (Wildman–Crippen MR) is 43.3 cm³/mol. The van der Waals surface area contributed by atoms with E-state index in [1.807, 2.05) is 0 Å². The third kappa shape index (κ3) is 1.75. The lowest BCUT2D eigenvalue weighted by molar-refractivity contribution is 0.913. The van der Waals surface area contributed by atoms with E-state index in [9.17, 15) is 0 Å². The van der Waals surface area contributed by atoms with E-state index >= 15 is 0 Å². The van der Waals surface area contributed by atoms with Gasteiger partial charge in [-0.15, -0.1) is 5.10 Å². The Hall–Kier alpha value is 0.490. The van der Waals surface area contributed by atoms with Crippen LogP contribution in [-0.4, -0.2) is 15.4 Å². The smallest absolute Gasteiger partial charge is 0.234 e. The number of halogens is 4. The van der Waals surface area contributed by atoms with Gasteiger partial charge in [-0.05, 0) is 15.9 Å². The molecule has 1 heterocycles. The van der Waals surface area contributed by atoms with Gasteiger partial charge in [-0.2, -0.15) is 0 Å². The molecule has 0 saturated carbocycles. The summed E-state index contributed by atoms with van der Waals surface area (Å²) in [6, 6.07) is 0. The average Bonchev–Trinajstić information content (AvgIpc) is 2.11. The summed E-state index contributed by atoms with van der Waals surface area (Å²) in [6.45, 7) is 0. The van der Waals surface area contributed by atoms with Crippen LogP contribution in [0.2, 0.25) is 0 Å². The van der Waals surface area contributed by atoms with E-state index in [0.29, 0.717) is 10.3 Å². The van der Waals surface area contributed by atoms with Crippen LogP contribution in [0.25, 0.3) is 0 Å². The molecule has 0 spiro atoms. The van der Waals surface area contributed by atoms with Crippen molar-refractivity contribution in [2.75, 3.05) is 0 Å². The molecule has 0 radical (unpaired) electrons. The minimum atomic E-state index is -1.50. The molecule has 1 aromatic heterocycles. The average molecular weight is 265 g/mol. The first-order valence-corrected chi connectivity index (χ1v) is 4.08. The van der Waals surface area contributed by atoms with Crippen molar-refractivity contribution in [1.29, 1.82) is 0 Å². The minimum Gasteiger partial charge on any atom is -0.257 e. The van der Waals surface area contributed by atoms with Crippen LogP contribution in [0.4, 0.5) is 0 Å². The Morgan fingerprint density at radius 2 is 2.00 bits per heavy atom. The molecule has 0 aliphatic rings. The van der Waals surface area contributed by atoms with Crippen LogP contribution in [0, 0.1) is 0 Å². The summed E-state index contributed by atoms with van der Waals surface area (Å²) in [4.78, 5) is 0. The van der Waals surface area contributed by atoms with Crippen molar-refractivity contribution >= 4 is 50.7 Å². The van der Waals surface area contributed by atoms with Crippen LogP contribution in [0.5, 0.6) is 0 Å². The predicted octanol–water partition coefficient (Wildman–Crippen LogP) is 2.39. The molecule has 0 atom stereocenters. The highest BCUT2D eigenvalue weighted by Crippen LogP contribution is 2.39. The first-order chi connectivity index (χ1) is 4.52. The molecule has 0 bridgehead atoms. The number of aromatic amines is 1. The van der Waals surface area contributed by atoms with Crippen LogP contribution in [-0.2, 0) is 3.79 Å². The number of hydrogen-bond donors (Lipinski definition) is 1. The Kier molecular flexibility index (Phi) is 2.45. The standard InChI is InChI=1S/C3HBrCl3N3/c4-2-1(3(5,6)7)8-10-9-2/h(H,8,9,10). The largest absolute Gasteiger partial charge is 0.257 e. The molecule has 56 valence electrons. The molecule has 0 fully saturated rings. The van der Waals surface area contributed by atoms with Gasteiger partial charge < -0.3 is 0 Å². The molecule has 0 aliphatic carbocycles. The van der Waals surface area contributed by atoms with Crippen molar-refractivity contribution in [2.45, 2.75) is 3.79 Å². The number of aromatic nitrogens is 3. The monoisotopic (exact) mass is 263 g/mol. The summed E-state index contributed by atoms with van der Waals surface area (Å²) in [5.74, 6) is 0. The van der Waals surface area contributed by atoms with E-state index in [0.717, 1.165) is 0 Å². The number of nitrogens with one attached hydrogen (secondary N) is 1. The maximum absolute atomic E-state index is 5.49. The second-order valence-electron chi connectivity index (χ2n) is 1.48. The Bertz CT molecular complexity index is 229. The van der Waals surface area contributed by atoms with Crippen molar-refractivity contribution in [3.63, 3.8) is 0 Å². The van der Waals surface area contributed by atoms with Gasteiger partial charge in [0.15, 0.2) is 4.60 Å². The number of hydrogen-bond acceptors (Lipinski definition) is 2. The van der Waals surface area contributed by atoms with E-state index in [1.165, 1.54) is 0 Å². The molecule has 0 aromatic carbocycles. The molecule has 10 heavy (non-hydrogen) atoms. The molecule has 1 N–H and O–H groups in total. The number of nitrogens with zero attached hydrogens (tertiary/aromatic N) is 2. The van der Waals surface area contributed by atoms with Crippen LogP contribution in [0.3, 0.4) is 0 Å². The lowest BCUT2D eigenvalue weighted by atomic mass is 10.5. The maximum Gasteiger partial charge on any atom is 0.234 e. The molecule has 1 aromatic rings. The second kappa shape index (κ2) is 2.85. The van der Waals surface area contributed by atoms with E-state index < -0.39 is 3.79 Å². The third-order valence-electron chi connectivity index (χ3n) is 0.789. The second-order valence-corrected chi connectivity index (χ2v) is 4.51. The van der Waals surface area contributed by atoms with Gasteiger partial charge in [0.05, 0.1) is 0 Å². The van der Waals surface area contributed by atoms with Gasteiger partial charge in [0.1, 0.15) is 5.69 Å². The molecule has 0 aliphatic heterocycles. The Labute approximate surface area is 80.2 Å². The SMILES string of the molecule is ClC(Cl)(Cl)c1[nH]nnc1Br. The summed E-state index contributed by atoms with van der Waals surface area (Å²) in [6.07, 6.45) is 0. The van der Waals surface area contributed by atoms with Crippen molar-refractivity contribution in [2.24, 2.45) is 0 Å². The minimum absolute atomic E-state index is 0.331. The first-order valence-electron chi connectivity index (χ1n) is 2.15. The molecule has 3 nitrogen and oxygen atoms in total. The lowest BCUT2D eigenvalue weighted by Crippen LogP contribution is -2.01. The maximum atomic E-state index is 5.49. The zero-order chi connectivity index (χ0) is 7.78. The van der Waals surface area contributed by atoms with E-state index in [4.69, 9.17) is 34.8 Å². The molecule has 0 saturated heterocycles. The lowest BCUT2D eigenvalue weighted by Gasteiger charge is -2.05. The van der Waals surface area contributed by atoms with Crippen LogP contribution >= 0.6 is 50.7 Å². The summed E-state index contributed by atoms with van der Waals surface area (Å²) in [7, 11) is 0. The summed E-state index contributed by atoms with van der Waals surface area (Å²) < 4.78 is -1.09. The van der Waals surface area contributed by atoms with Crippen molar-refractivity contribution in [1.82, 2.24) is 15.4 Å². The van der Waals surface area contributed by atoms with E-state index in [-0.39, 0.29) is 0 Å². The molecule has 1 rings (SSSR count). The van der Waals surface area contributed by atoms with Gasteiger partial charge in [0.2, 0.25) is 3.79 Å². The number of alkyl halides is 3. The Balaban J connectivity index is 3.05. The molecule has 7 heteroatoms. The van der Waals surface area contributed by atoms with E-state index in [2.05, 4.69) is 31.3 Å².